The molecule has 3 aliphatic carbocycles. The van der Waals surface area contributed by atoms with Gasteiger partial charge in [0.1, 0.15) is 29.9 Å². The Labute approximate surface area is 301 Å². The third-order valence-corrected chi connectivity index (χ3v) is 12.6. The second kappa shape index (κ2) is 14.0. The summed E-state index contributed by atoms with van der Waals surface area (Å²) in [6, 6.07) is -5.80. The monoisotopic (exact) mass is 733 g/mol. The number of primary amides is 1. The van der Waals surface area contributed by atoms with Crippen LogP contribution >= 0.6 is 0 Å². The third kappa shape index (κ3) is 7.13. The molecule has 1 saturated heterocycles. The molecule has 5 atom stereocenters. The molecule has 286 valence electrons. The largest absolute Gasteiger partial charge is 0.391 e. The van der Waals surface area contributed by atoms with Gasteiger partial charge in [0, 0.05) is 24.4 Å². The molecule has 13 nitrogen and oxygen atoms in total. The Hall–Kier alpha value is -4.11. The third-order valence-electron chi connectivity index (χ3n) is 12.6. The highest BCUT2D eigenvalue weighted by atomic mass is 19.4. The molecule has 4 aliphatic rings. The standard InChI is InChI=1S/C36H50F3N7O6/c1-32(2,3)26(45-30(51)24(20-10-7-6-8-11-20)44-28(49)22-18-41-14-15-42-22)31(52)46-19-35(33(4,5)34(35)12-9-13-34)17-23(46)29(50)43-21(16-36(37,38)39)25(47)27(40)48/h14-15,18,20-21,23-24,26H,6-13,16-17,19H2,1-5H3,(H2,40,48)(H,43,50)(H,44,49)(H,45,51)/t21?,23-,24-,26-,35?/m0/s1. The molecule has 5 amide bonds. The SMILES string of the molecule is CC(C)(C)[C@@H](NC(=O)[C@@H](NC(=O)c1cnccn1)C1CCCCC1)C(=O)N1CC2(C[C@H]1C(=O)NC(CC(F)(F)F)C(=O)C(N)=O)C(C)(C)C21CCC1. The Morgan fingerprint density at radius 3 is 2.10 bits per heavy atom. The maximum Gasteiger partial charge on any atom is 0.391 e. The smallest absolute Gasteiger partial charge is 0.363 e. The number of likely N-dealkylation sites (tertiary alicyclic amines) is 1. The number of hydrogen-bond acceptors (Lipinski definition) is 8. The number of carbonyl (C=O) groups is 6. The fourth-order valence-electron chi connectivity index (χ4n) is 9.49. The van der Waals surface area contributed by atoms with Crippen LogP contribution in [-0.2, 0) is 24.0 Å². The van der Waals surface area contributed by atoms with Crippen molar-refractivity contribution < 1.29 is 41.9 Å². The van der Waals surface area contributed by atoms with Gasteiger partial charge in [0.2, 0.25) is 23.5 Å². The lowest BCUT2D eigenvalue weighted by Crippen LogP contribution is -2.62. The van der Waals surface area contributed by atoms with Gasteiger partial charge in [0.25, 0.3) is 11.8 Å². The molecule has 2 heterocycles. The molecule has 4 fully saturated rings. The second-order valence-corrected chi connectivity index (χ2v) is 16.7. The van der Waals surface area contributed by atoms with Crippen molar-refractivity contribution in [2.45, 2.75) is 129 Å². The quantitative estimate of drug-likeness (QED) is 0.249. The number of rotatable bonds is 11. The number of fused-ring (bicyclic) bond motifs is 1. The van der Waals surface area contributed by atoms with Gasteiger partial charge in [-0.3, -0.25) is 33.8 Å². The van der Waals surface area contributed by atoms with Gasteiger partial charge in [0.15, 0.2) is 0 Å². The first-order chi connectivity index (χ1) is 24.2. The van der Waals surface area contributed by atoms with E-state index in [9.17, 15) is 41.9 Å². The lowest BCUT2D eigenvalue weighted by Gasteiger charge is -2.38. The van der Waals surface area contributed by atoms with Crippen LogP contribution in [0, 0.1) is 27.6 Å². The van der Waals surface area contributed by atoms with E-state index in [1.165, 1.54) is 23.5 Å². The number of ketones is 1. The fraction of sp³-hybridized carbons (Fsp3) is 0.722. The van der Waals surface area contributed by atoms with Crippen LogP contribution in [0.2, 0.25) is 0 Å². The molecule has 0 bridgehead atoms. The molecule has 1 aromatic rings. The second-order valence-electron chi connectivity index (χ2n) is 16.7. The molecule has 52 heavy (non-hydrogen) atoms. The minimum absolute atomic E-state index is 0.0198. The van der Waals surface area contributed by atoms with E-state index >= 15 is 0 Å². The molecular formula is C36H50F3N7O6. The van der Waals surface area contributed by atoms with Crippen LogP contribution in [0.3, 0.4) is 0 Å². The van der Waals surface area contributed by atoms with Gasteiger partial charge in [0.05, 0.1) is 12.6 Å². The van der Waals surface area contributed by atoms with Crippen LogP contribution in [0.25, 0.3) is 0 Å². The summed E-state index contributed by atoms with van der Waals surface area (Å²) in [7, 11) is 0. The molecule has 3 saturated carbocycles. The maximum absolute atomic E-state index is 14.8. The number of Topliss-reactive ketones (excluding diaryl/α,β-unsaturated/α-hetero) is 1. The summed E-state index contributed by atoms with van der Waals surface area (Å²) in [5.41, 5.74) is 3.11. The van der Waals surface area contributed by atoms with Crippen LogP contribution in [0.5, 0.6) is 0 Å². The number of alkyl halides is 3. The van der Waals surface area contributed by atoms with E-state index in [1.54, 1.807) is 20.8 Å². The molecule has 2 spiro atoms. The zero-order chi connectivity index (χ0) is 38.4. The lowest BCUT2D eigenvalue weighted by molar-refractivity contribution is -0.154. The van der Waals surface area contributed by atoms with Crippen molar-refractivity contribution in [2.75, 3.05) is 6.54 Å². The van der Waals surface area contributed by atoms with Crippen LogP contribution in [0.4, 0.5) is 13.2 Å². The van der Waals surface area contributed by atoms with E-state index in [4.69, 9.17) is 5.73 Å². The maximum atomic E-state index is 14.8. The van der Waals surface area contributed by atoms with Crippen LogP contribution in [0.1, 0.15) is 109 Å². The number of halogens is 3. The Kier molecular flexibility index (Phi) is 10.6. The van der Waals surface area contributed by atoms with E-state index in [1.807, 2.05) is 0 Å². The molecule has 1 aliphatic heterocycles. The number of amides is 5. The normalized spacial score (nSPS) is 25.4. The Morgan fingerprint density at radius 1 is 0.942 bits per heavy atom. The van der Waals surface area contributed by atoms with Gasteiger partial charge in [-0.1, -0.05) is 60.3 Å². The van der Waals surface area contributed by atoms with Crippen LogP contribution in [0.15, 0.2) is 18.6 Å². The molecule has 1 aromatic heterocycles. The molecule has 2 unspecified atom stereocenters. The number of carbonyl (C=O) groups excluding carboxylic acids is 6. The van der Waals surface area contributed by atoms with Crippen molar-refractivity contribution in [2.24, 2.45) is 33.3 Å². The molecule has 0 aromatic carbocycles. The predicted octanol–water partition coefficient (Wildman–Crippen LogP) is 2.98. The summed E-state index contributed by atoms with van der Waals surface area (Å²) in [5.74, 6) is -6.28. The highest BCUT2D eigenvalue weighted by Gasteiger charge is 2.85. The van der Waals surface area contributed by atoms with E-state index in [0.29, 0.717) is 12.8 Å². The Balaban J connectivity index is 1.45. The first-order valence-electron chi connectivity index (χ1n) is 18.0. The molecular weight excluding hydrogens is 683 g/mol. The minimum Gasteiger partial charge on any atom is -0.363 e. The Bertz CT molecular complexity index is 1590. The average Bonchev–Trinajstić information content (AvgIpc) is 3.27. The zero-order valence-corrected chi connectivity index (χ0v) is 30.4. The van der Waals surface area contributed by atoms with Crippen LogP contribution in [-0.4, -0.2) is 87.1 Å². The zero-order valence-electron chi connectivity index (χ0n) is 30.4. The summed E-state index contributed by atoms with van der Waals surface area (Å²) in [5, 5.41) is 7.81. The predicted molar refractivity (Wildman–Crippen MR) is 181 cm³/mol. The van der Waals surface area contributed by atoms with Gasteiger partial charge < -0.3 is 26.6 Å². The number of hydrogen-bond donors (Lipinski definition) is 4. The number of nitrogens with one attached hydrogen (secondary N) is 3. The summed E-state index contributed by atoms with van der Waals surface area (Å²) in [6.07, 6.45) is 4.18. The summed E-state index contributed by atoms with van der Waals surface area (Å²) >= 11 is 0. The van der Waals surface area contributed by atoms with E-state index in [-0.39, 0.29) is 35.4 Å². The number of aromatic nitrogens is 2. The van der Waals surface area contributed by atoms with Gasteiger partial charge in [-0.15, -0.1) is 0 Å². The van der Waals surface area contributed by atoms with E-state index < -0.39 is 82.9 Å². The Morgan fingerprint density at radius 2 is 1.60 bits per heavy atom. The molecule has 5 N–H and O–H groups in total. The highest BCUT2D eigenvalue weighted by Crippen LogP contribution is 2.88. The first kappa shape index (κ1) is 39.1. The van der Waals surface area contributed by atoms with E-state index in [0.717, 1.165) is 38.5 Å². The van der Waals surface area contributed by atoms with Gasteiger partial charge in [-0.2, -0.15) is 13.2 Å². The number of nitrogens with zero attached hydrogens (tertiary/aromatic N) is 3. The molecule has 16 heteroatoms. The number of nitrogens with two attached hydrogens (primary N) is 1. The molecule has 0 radical (unpaired) electrons. The topological polar surface area (TPSA) is 194 Å². The summed E-state index contributed by atoms with van der Waals surface area (Å²) in [6.45, 7) is 9.46. The molecule has 5 rings (SSSR count). The average molecular weight is 734 g/mol. The van der Waals surface area contributed by atoms with Crippen molar-refractivity contribution in [3.05, 3.63) is 24.3 Å². The van der Waals surface area contributed by atoms with Crippen molar-refractivity contribution in [1.82, 2.24) is 30.8 Å². The van der Waals surface area contributed by atoms with Crippen molar-refractivity contribution in [1.29, 1.82) is 0 Å². The lowest BCUT2D eigenvalue weighted by atomic mass is 9.73. The van der Waals surface area contributed by atoms with Gasteiger partial charge in [-0.05, 0) is 54.3 Å². The minimum atomic E-state index is -4.91. The van der Waals surface area contributed by atoms with Crippen LogP contribution < -0.4 is 21.7 Å². The van der Waals surface area contributed by atoms with E-state index in [2.05, 4.69) is 39.8 Å². The van der Waals surface area contributed by atoms with Gasteiger partial charge in [-0.25, -0.2) is 4.98 Å². The first-order valence-corrected chi connectivity index (χ1v) is 18.0. The fourth-order valence-corrected chi connectivity index (χ4v) is 9.49. The summed E-state index contributed by atoms with van der Waals surface area (Å²) < 4.78 is 40.5. The van der Waals surface area contributed by atoms with Crippen molar-refractivity contribution in [3.63, 3.8) is 0 Å². The van der Waals surface area contributed by atoms with Crippen molar-refractivity contribution in [3.8, 4) is 0 Å². The summed E-state index contributed by atoms with van der Waals surface area (Å²) in [4.78, 5) is 89.6. The van der Waals surface area contributed by atoms with Gasteiger partial charge >= 0.3 is 6.18 Å². The highest BCUT2D eigenvalue weighted by molar-refractivity contribution is 6.37. The van der Waals surface area contributed by atoms with Crippen molar-refractivity contribution >= 4 is 35.3 Å².